The molecule has 2 aliphatic rings. The molecule has 2 aliphatic carbocycles. The van der Waals surface area contributed by atoms with Crippen LogP contribution in [0.4, 0.5) is 17.6 Å². The molecular weight excluding hydrogens is 340 g/mol. The molecule has 1 aromatic rings. The highest BCUT2D eigenvalue weighted by Gasteiger charge is 2.60. The van der Waals surface area contributed by atoms with Crippen LogP contribution in [0, 0.1) is 17.8 Å². The first-order valence-corrected chi connectivity index (χ1v) is 8.99. The van der Waals surface area contributed by atoms with E-state index in [0.717, 1.165) is 37.8 Å². The summed E-state index contributed by atoms with van der Waals surface area (Å²) in [6.45, 7) is 3.27. The van der Waals surface area contributed by atoms with E-state index >= 15 is 0 Å². The molecule has 1 saturated carbocycles. The van der Waals surface area contributed by atoms with E-state index in [1.165, 1.54) is 18.4 Å². The number of rotatable bonds is 1. The van der Waals surface area contributed by atoms with Gasteiger partial charge in [0.25, 0.3) is 0 Å². The molecule has 26 heavy (non-hydrogen) atoms. The Kier molecular flexibility index (Phi) is 5.01. The Morgan fingerprint density at radius 1 is 0.846 bits per heavy atom. The van der Waals surface area contributed by atoms with Gasteiger partial charge in [-0.3, -0.25) is 0 Å². The second kappa shape index (κ2) is 6.95. The van der Waals surface area contributed by atoms with Gasteiger partial charge in [-0.2, -0.15) is 17.6 Å². The summed E-state index contributed by atoms with van der Waals surface area (Å²) in [6.07, 6.45) is 6.75. The topological polar surface area (TPSA) is 0 Å². The van der Waals surface area contributed by atoms with Crippen molar-refractivity contribution >= 4 is 0 Å². The first-order valence-electron chi connectivity index (χ1n) is 8.99. The van der Waals surface area contributed by atoms with Crippen LogP contribution in [0.2, 0.25) is 0 Å². The second-order valence-corrected chi connectivity index (χ2v) is 7.41. The largest absolute Gasteiger partial charge is 0.346 e. The van der Waals surface area contributed by atoms with Gasteiger partial charge in [0.05, 0.1) is 5.57 Å². The number of halogens is 4. The summed E-state index contributed by atoms with van der Waals surface area (Å²) in [5, 5.41) is 0. The fourth-order valence-corrected chi connectivity index (χ4v) is 3.53. The normalized spacial score (nSPS) is 27.0. The molecule has 0 saturated heterocycles. The molecule has 0 atom stereocenters. The standard InChI is InChI=1S/C22H22F4/c1-15-3-9-18(10-4-15)19-11-6-17(7-12-19)8-14-20-13-5-16(2)21(23,24)22(20,25)26/h5-7,11-13,15,18H,3-4,9-10H2,1-2H3. The molecule has 4 heteroatoms. The van der Waals surface area contributed by atoms with Crippen LogP contribution in [-0.2, 0) is 0 Å². The minimum atomic E-state index is -4.28. The van der Waals surface area contributed by atoms with Crippen molar-refractivity contribution in [2.75, 3.05) is 0 Å². The third-order valence-electron chi connectivity index (χ3n) is 5.47. The lowest BCUT2D eigenvalue weighted by atomic mass is 9.79. The van der Waals surface area contributed by atoms with Crippen molar-refractivity contribution in [3.63, 3.8) is 0 Å². The van der Waals surface area contributed by atoms with Crippen LogP contribution in [0.15, 0.2) is 47.6 Å². The van der Waals surface area contributed by atoms with E-state index in [1.807, 2.05) is 12.1 Å². The van der Waals surface area contributed by atoms with Gasteiger partial charge in [-0.15, -0.1) is 0 Å². The van der Waals surface area contributed by atoms with Crippen molar-refractivity contribution in [2.24, 2.45) is 5.92 Å². The van der Waals surface area contributed by atoms with E-state index in [2.05, 4.69) is 18.8 Å². The van der Waals surface area contributed by atoms with Crippen molar-refractivity contribution in [2.45, 2.75) is 57.3 Å². The van der Waals surface area contributed by atoms with Crippen LogP contribution >= 0.6 is 0 Å². The Balaban J connectivity index is 1.76. The lowest BCUT2D eigenvalue weighted by Crippen LogP contribution is -2.44. The Labute approximate surface area is 152 Å². The smallest absolute Gasteiger partial charge is 0.194 e. The predicted molar refractivity (Wildman–Crippen MR) is 95.4 cm³/mol. The minimum absolute atomic E-state index is 0.533. The summed E-state index contributed by atoms with van der Waals surface area (Å²) in [4.78, 5) is 0. The monoisotopic (exact) mass is 362 g/mol. The second-order valence-electron chi connectivity index (χ2n) is 7.41. The van der Waals surface area contributed by atoms with Gasteiger partial charge in [0.2, 0.25) is 0 Å². The van der Waals surface area contributed by atoms with E-state index in [4.69, 9.17) is 0 Å². The van der Waals surface area contributed by atoms with Crippen LogP contribution in [0.5, 0.6) is 0 Å². The maximum absolute atomic E-state index is 14.0. The number of benzene rings is 1. The molecule has 0 aromatic heterocycles. The average Bonchev–Trinajstić information content (AvgIpc) is 2.61. The molecule has 0 amide bonds. The molecule has 0 bridgehead atoms. The zero-order valence-corrected chi connectivity index (χ0v) is 15.0. The van der Waals surface area contributed by atoms with Gasteiger partial charge >= 0.3 is 11.8 Å². The summed E-state index contributed by atoms with van der Waals surface area (Å²) in [6, 6.07) is 7.50. The van der Waals surface area contributed by atoms with Gasteiger partial charge in [0.15, 0.2) is 0 Å². The maximum Gasteiger partial charge on any atom is 0.346 e. The molecule has 0 heterocycles. The molecule has 0 radical (unpaired) electrons. The molecule has 3 rings (SSSR count). The van der Waals surface area contributed by atoms with E-state index in [9.17, 15) is 17.6 Å². The van der Waals surface area contributed by atoms with E-state index in [1.54, 1.807) is 12.1 Å². The number of hydrogen-bond donors (Lipinski definition) is 0. The van der Waals surface area contributed by atoms with Crippen LogP contribution < -0.4 is 0 Å². The Morgan fingerprint density at radius 3 is 2.08 bits per heavy atom. The molecule has 0 spiro atoms. The molecule has 0 unspecified atom stereocenters. The van der Waals surface area contributed by atoms with E-state index in [-0.39, 0.29) is 0 Å². The quantitative estimate of drug-likeness (QED) is 0.396. The summed E-state index contributed by atoms with van der Waals surface area (Å²) in [7, 11) is 0. The predicted octanol–water partition coefficient (Wildman–Crippen LogP) is 6.49. The van der Waals surface area contributed by atoms with Crippen molar-refractivity contribution in [3.05, 3.63) is 58.7 Å². The summed E-state index contributed by atoms with van der Waals surface area (Å²) >= 11 is 0. The summed E-state index contributed by atoms with van der Waals surface area (Å²) in [5.74, 6) is -2.33. The van der Waals surface area contributed by atoms with Crippen molar-refractivity contribution in [3.8, 4) is 11.8 Å². The molecule has 138 valence electrons. The van der Waals surface area contributed by atoms with Gasteiger partial charge < -0.3 is 0 Å². The van der Waals surface area contributed by atoms with Crippen LogP contribution in [0.3, 0.4) is 0 Å². The van der Waals surface area contributed by atoms with Gasteiger partial charge in [-0.05, 0) is 55.4 Å². The highest BCUT2D eigenvalue weighted by atomic mass is 19.3. The fourth-order valence-electron chi connectivity index (χ4n) is 3.53. The van der Waals surface area contributed by atoms with E-state index in [0.29, 0.717) is 11.5 Å². The van der Waals surface area contributed by atoms with Gasteiger partial charge in [0, 0.05) is 11.1 Å². The van der Waals surface area contributed by atoms with Crippen molar-refractivity contribution < 1.29 is 17.6 Å². The zero-order valence-electron chi connectivity index (χ0n) is 15.0. The fraction of sp³-hybridized carbons (Fsp3) is 0.455. The Morgan fingerprint density at radius 2 is 1.46 bits per heavy atom. The molecule has 0 nitrogen and oxygen atoms in total. The molecule has 0 N–H and O–H groups in total. The molecule has 0 aliphatic heterocycles. The Hall–Kier alpha value is -2.02. The SMILES string of the molecule is CC1=CC=C(C#Cc2ccc(C3CCC(C)CC3)cc2)C(F)(F)C1(F)F. The van der Waals surface area contributed by atoms with Crippen molar-refractivity contribution in [1.29, 1.82) is 0 Å². The highest BCUT2D eigenvalue weighted by Crippen LogP contribution is 2.46. The lowest BCUT2D eigenvalue weighted by molar-refractivity contribution is -0.160. The van der Waals surface area contributed by atoms with Crippen molar-refractivity contribution in [1.82, 2.24) is 0 Å². The molecular formula is C22H22F4. The zero-order chi connectivity index (χ0) is 18.9. The average molecular weight is 362 g/mol. The van der Waals surface area contributed by atoms with Gasteiger partial charge in [-0.25, -0.2) is 0 Å². The van der Waals surface area contributed by atoms with Crippen LogP contribution in [0.1, 0.15) is 56.6 Å². The highest BCUT2D eigenvalue weighted by molar-refractivity contribution is 5.50. The molecule has 1 aromatic carbocycles. The van der Waals surface area contributed by atoms with E-state index < -0.39 is 23.0 Å². The number of alkyl halides is 4. The number of hydrogen-bond acceptors (Lipinski definition) is 0. The minimum Gasteiger partial charge on any atom is -0.194 e. The first-order chi connectivity index (χ1) is 12.2. The van der Waals surface area contributed by atoms with Crippen LogP contribution in [0.25, 0.3) is 0 Å². The molecule has 1 fully saturated rings. The third-order valence-corrected chi connectivity index (χ3v) is 5.47. The summed E-state index contributed by atoms with van der Waals surface area (Å²) in [5.41, 5.74) is 0.275. The summed E-state index contributed by atoms with van der Waals surface area (Å²) < 4.78 is 55.4. The third kappa shape index (κ3) is 3.45. The maximum atomic E-state index is 14.0. The lowest BCUT2D eigenvalue weighted by Gasteiger charge is -2.29. The Bertz CT molecular complexity index is 780. The first kappa shape index (κ1) is 18.8. The van der Waals surface area contributed by atoms with Crippen LogP contribution in [-0.4, -0.2) is 11.8 Å². The number of allylic oxidation sites excluding steroid dienone is 4. The van der Waals surface area contributed by atoms with Gasteiger partial charge in [-0.1, -0.05) is 49.8 Å². The van der Waals surface area contributed by atoms with Gasteiger partial charge in [0.1, 0.15) is 0 Å².